The van der Waals surface area contributed by atoms with Gasteiger partial charge >= 0.3 is 6.18 Å². The number of aromatic hydroxyl groups is 1. The Morgan fingerprint density at radius 3 is 2.56 bits per heavy atom. The quantitative estimate of drug-likeness (QED) is 0.867. The van der Waals surface area contributed by atoms with Crippen LogP contribution in [0.5, 0.6) is 5.75 Å². The highest BCUT2D eigenvalue weighted by atomic mass is 35.5. The summed E-state index contributed by atoms with van der Waals surface area (Å²) in [5.41, 5.74) is 5.79. The molecule has 1 aromatic rings. The van der Waals surface area contributed by atoms with Crippen molar-refractivity contribution in [2.45, 2.75) is 25.1 Å². The van der Waals surface area contributed by atoms with Crippen molar-refractivity contribution in [2.75, 3.05) is 0 Å². The van der Waals surface area contributed by atoms with Crippen molar-refractivity contribution in [1.82, 2.24) is 0 Å². The molecule has 0 spiro atoms. The molecule has 16 heavy (non-hydrogen) atoms. The van der Waals surface area contributed by atoms with E-state index in [1.807, 2.05) is 0 Å². The fourth-order valence-corrected chi connectivity index (χ4v) is 1.48. The zero-order valence-electron chi connectivity index (χ0n) is 8.26. The molecule has 0 fully saturated rings. The van der Waals surface area contributed by atoms with Crippen molar-refractivity contribution in [2.24, 2.45) is 5.73 Å². The van der Waals surface area contributed by atoms with Gasteiger partial charge in [-0.1, -0.05) is 11.6 Å². The van der Waals surface area contributed by atoms with Crippen LogP contribution in [-0.4, -0.2) is 11.3 Å². The molecule has 0 heterocycles. The minimum Gasteiger partial charge on any atom is -0.508 e. The summed E-state index contributed by atoms with van der Waals surface area (Å²) in [6.07, 6.45) is -5.51. The SMILES string of the molecule is N[C@@H](CCC(F)(F)F)c1cc(Cl)ccc1O. The Bertz CT molecular complexity index is 368. The maximum atomic E-state index is 12.0. The lowest BCUT2D eigenvalue weighted by Gasteiger charge is -2.15. The van der Waals surface area contributed by atoms with Gasteiger partial charge in [-0.25, -0.2) is 0 Å². The van der Waals surface area contributed by atoms with Gasteiger partial charge in [0.15, 0.2) is 0 Å². The smallest absolute Gasteiger partial charge is 0.389 e. The largest absolute Gasteiger partial charge is 0.508 e. The lowest BCUT2D eigenvalue weighted by atomic mass is 10.0. The summed E-state index contributed by atoms with van der Waals surface area (Å²) in [6, 6.07) is 3.25. The third-order valence-corrected chi connectivity index (χ3v) is 2.36. The summed E-state index contributed by atoms with van der Waals surface area (Å²) in [5.74, 6) is -0.140. The van der Waals surface area contributed by atoms with Crippen molar-refractivity contribution in [1.29, 1.82) is 0 Å². The van der Waals surface area contributed by atoms with E-state index in [9.17, 15) is 18.3 Å². The first-order valence-electron chi connectivity index (χ1n) is 4.60. The number of benzene rings is 1. The van der Waals surface area contributed by atoms with E-state index in [2.05, 4.69) is 0 Å². The molecule has 0 unspecified atom stereocenters. The fraction of sp³-hybridized carbons (Fsp3) is 0.400. The summed E-state index contributed by atoms with van der Waals surface area (Å²) in [6.45, 7) is 0. The summed E-state index contributed by atoms with van der Waals surface area (Å²) in [7, 11) is 0. The summed E-state index contributed by atoms with van der Waals surface area (Å²) >= 11 is 5.66. The van der Waals surface area contributed by atoms with E-state index in [1.54, 1.807) is 0 Å². The Balaban J connectivity index is 2.73. The highest BCUT2D eigenvalue weighted by Gasteiger charge is 2.28. The monoisotopic (exact) mass is 253 g/mol. The first-order chi connectivity index (χ1) is 7.29. The van der Waals surface area contributed by atoms with Crippen LogP contribution in [0, 0.1) is 0 Å². The molecule has 2 nitrogen and oxygen atoms in total. The molecule has 1 atom stereocenters. The molecule has 0 amide bonds. The van der Waals surface area contributed by atoms with Gasteiger partial charge in [-0.2, -0.15) is 13.2 Å². The number of halogens is 4. The molecule has 3 N–H and O–H groups in total. The molecule has 0 aliphatic carbocycles. The van der Waals surface area contributed by atoms with Crippen molar-refractivity contribution >= 4 is 11.6 Å². The second-order valence-corrected chi connectivity index (χ2v) is 3.90. The van der Waals surface area contributed by atoms with Gasteiger partial charge in [0.25, 0.3) is 0 Å². The van der Waals surface area contributed by atoms with Crippen LogP contribution in [0.1, 0.15) is 24.4 Å². The molecular weight excluding hydrogens is 243 g/mol. The van der Waals surface area contributed by atoms with E-state index in [4.69, 9.17) is 17.3 Å². The van der Waals surface area contributed by atoms with Crippen LogP contribution in [0.2, 0.25) is 5.02 Å². The van der Waals surface area contributed by atoms with Gasteiger partial charge in [0, 0.05) is 23.0 Å². The number of phenols is 1. The van der Waals surface area contributed by atoms with Gasteiger partial charge < -0.3 is 10.8 Å². The van der Waals surface area contributed by atoms with Gasteiger partial charge in [-0.05, 0) is 24.6 Å². The van der Waals surface area contributed by atoms with Crippen LogP contribution >= 0.6 is 11.6 Å². The number of rotatable bonds is 3. The Hall–Kier alpha value is -0.940. The molecule has 0 bridgehead atoms. The van der Waals surface area contributed by atoms with Gasteiger partial charge in [-0.15, -0.1) is 0 Å². The molecule has 0 radical (unpaired) electrons. The highest BCUT2D eigenvalue weighted by Crippen LogP contribution is 2.31. The van der Waals surface area contributed by atoms with E-state index < -0.39 is 18.6 Å². The summed E-state index contributed by atoms with van der Waals surface area (Å²) in [5, 5.41) is 9.74. The number of hydrogen-bond donors (Lipinski definition) is 2. The maximum Gasteiger partial charge on any atom is 0.389 e. The molecular formula is C10H11ClF3NO. The topological polar surface area (TPSA) is 46.2 Å². The third kappa shape index (κ3) is 3.90. The Morgan fingerprint density at radius 2 is 2.00 bits per heavy atom. The third-order valence-electron chi connectivity index (χ3n) is 2.13. The van der Waals surface area contributed by atoms with Crippen LogP contribution in [0.3, 0.4) is 0 Å². The minimum absolute atomic E-state index is 0.140. The van der Waals surface area contributed by atoms with Gasteiger partial charge in [-0.3, -0.25) is 0 Å². The van der Waals surface area contributed by atoms with Crippen LogP contribution in [0.15, 0.2) is 18.2 Å². The molecule has 0 aromatic heterocycles. The lowest BCUT2D eigenvalue weighted by molar-refractivity contribution is -0.136. The average molecular weight is 254 g/mol. The average Bonchev–Trinajstić information content (AvgIpc) is 2.17. The maximum absolute atomic E-state index is 12.0. The van der Waals surface area contributed by atoms with Crippen molar-refractivity contribution in [3.8, 4) is 5.75 Å². The van der Waals surface area contributed by atoms with E-state index in [0.717, 1.165) is 0 Å². The first-order valence-corrected chi connectivity index (χ1v) is 4.98. The standard InChI is InChI=1S/C10H11ClF3NO/c11-6-1-2-9(16)7(5-6)8(15)3-4-10(12,13)14/h1-2,5,8,16H,3-4,15H2/t8-/m0/s1. The molecule has 0 aliphatic heterocycles. The van der Waals surface area contributed by atoms with Gasteiger partial charge in [0.05, 0.1) is 0 Å². The second kappa shape index (κ2) is 4.93. The number of phenolic OH excluding ortho intramolecular Hbond substituents is 1. The van der Waals surface area contributed by atoms with Crippen molar-refractivity contribution in [3.63, 3.8) is 0 Å². The van der Waals surface area contributed by atoms with E-state index >= 15 is 0 Å². The van der Waals surface area contributed by atoms with Crippen molar-refractivity contribution in [3.05, 3.63) is 28.8 Å². The van der Waals surface area contributed by atoms with E-state index in [1.165, 1.54) is 18.2 Å². The predicted molar refractivity (Wildman–Crippen MR) is 55.3 cm³/mol. The van der Waals surface area contributed by atoms with Crippen LogP contribution in [0.25, 0.3) is 0 Å². The molecule has 6 heteroatoms. The first kappa shape index (κ1) is 13.1. The molecule has 0 aliphatic rings. The lowest BCUT2D eigenvalue weighted by Crippen LogP contribution is -2.15. The molecule has 0 saturated carbocycles. The van der Waals surface area contributed by atoms with Crippen molar-refractivity contribution < 1.29 is 18.3 Å². The number of hydrogen-bond acceptors (Lipinski definition) is 2. The highest BCUT2D eigenvalue weighted by molar-refractivity contribution is 6.30. The minimum atomic E-state index is -4.24. The van der Waals surface area contributed by atoms with Crippen LogP contribution in [-0.2, 0) is 0 Å². The Kier molecular flexibility index (Phi) is 4.04. The van der Waals surface area contributed by atoms with E-state index in [-0.39, 0.29) is 17.7 Å². The number of nitrogens with two attached hydrogens (primary N) is 1. The molecule has 1 aromatic carbocycles. The Morgan fingerprint density at radius 1 is 1.38 bits per heavy atom. The number of alkyl halides is 3. The van der Waals surface area contributed by atoms with Gasteiger partial charge in [0.1, 0.15) is 5.75 Å². The van der Waals surface area contributed by atoms with Crippen LogP contribution in [0.4, 0.5) is 13.2 Å². The fourth-order valence-electron chi connectivity index (χ4n) is 1.30. The zero-order valence-corrected chi connectivity index (χ0v) is 9.02. The van der Waals surface area contributed by atoms with Gasteiger partial charge in [0.2, 0.25) is 0 Å². The second-order valence-electron chi connectivity index (χ2n) is 3.46. The van der Waals surface area contributed by atoms with E-state index in [0.29, 0.717) is 5.02 Å². The molecule has 0 saturated heterocycles. The molecule has 90 valence electrons. The zero-order chi connectivity index (χ0) is 12.3. The molecule has 1 rings (SSSR count). The summed E-state index contributed by atoms with van der Waals surface area (Å²) < 4.78 is 35.9. The predicted octanol–water partition coefficient (Wildman–Crippen LogP) is 3.39. The summed E-state index contributed by atoms with van der Waals surface area (Å²) in [4.78, 5) is 0. The normalized spacial score (nSPS) is 13.8. The van der Waals surface area contributed by atoms with Crippen LogP contribution < -0.4 is 5.73 Å². The Labute approximate surface area is 95.8 Å².